The van der Waals surface area contributed by atoms with Crippen molar-refractivity contribution in [3.8, 4) is 0 Å². The SMILES string of the molecule is O=C(CCc1n[nH]c(=O)[nH]1)N1C[C@@H]2CN(C(=O)C3CC3)C[C@@H]2C1. The predicted octanol–water partition coefficient (Wildman–Crippen LogP) is -0.643. The summed E-state index contributed by atoms with van der Waals surface area (Å²) in [6, 6.07) is 0. The van der Waals surface area contributed by atoms with E-state index >= 15 is 0 Å². The third-order valence-electron chi connectivity index (χ3n) is 5.20. The fourth-order valence-corrected chi connectivity index (χ4v) is 3.77. The van der Waals surface area contributed by atoms with Crippen LogP contribution in [0.2, 0.25) is 0 Å². The fourth-order valence-electron chi connectivity index (χ4n) is 3.77. The Morgan fingerprint density at radius 3 is 2.30 bits per heavy atom. The van der Waals surface area contributed by atoms with Crippen molar-refractivity contribution in [2.24, 2.45) is 17.8 Å². The number of hydrogen-bond acceptors (Lipinski definition) is 4. The first-order chi connectivity index (χ1) is 11.1. The van der Waals surface area contributed by atoms with Crippen LogP contribution in [0.25, 0.3) is 0 Å². The molecule has 2 amide bonds. The standard InChI is InChI=1S/C15H21N5O3/c21-13(4-3-12-16-15(23)18-17-12)19-5-10-7-20(8-11(10)6-19)14(22)9-1-2-9/h9-11H,1-8H2,(H2,16,17,18,23)/t10-,11+. The van der Waals surface area contributed by atoms with E-state index in [9.17, 15) is 14.4 Å². The maximum Gasteiger partial charge on any atom is 0.340 e. The predicted molar refractivity (Wildman–Crippen MR) is 80.4 cm³/mol. The highest BCUT2D eigenvalue weighted by molar-refractivity contribution is 5.81. The van der Waals surface area contributed by atoms with Crippen LogP contribution in [-0.2, 0) is 16.0 Å². The van der Waals surface area contributed by atoms with E-state index in [4.69, 9.17) is 0 Å². The molecule has 0 unspecified atom stereocenters. The Labute approximate surface area is 133 Å². The van der Waals surface area contributed by atoms with Gasteiger partial charge in [0, 0.05) is 56.8 Å². The Bertz CT molecular complexity index is 663. The van der Waals surface area contributed by atoms with Gasteiger partial charge in [0.2, 0.25) is 11.8 Å². The van der Waals surface area contributed by atoms with E-state index in [1.165, 1.54) is 0 Å². The highest BCUT2D eigenvalue weighted by Crippen LogP contribution is 2.36. The molecule has 3 fully saturated rings. The van der Waals surface area contributed by atoms with Crippen LogP contribution in [0, 0.1) is 17.8 Å². The molecule has 2 saturated heterocycles. The van der Waals surface area contributed by atoms with E-state index in [0.29, 0.717) is 36.4 Å². The van der Waals surface area contributed by atoms with Gasteiger partial charge in [-0.25, -0.2) is 9.89 Å². The molecule has 0 bridgehead atoms. The molecule has 0 spiro atoms. The number of nitrogens with one attached hydrogen (secondary N) is 2. The summed E-state index contributed by atoms with van der Waals surface area (Å²) < 4.78 is 0. The fraction of sp³-hybridized carbons (Fsp3) is 0.733. The van der Waals surface area contributed by atoms with Gasteiger partial charge in [0.15, 0.2) is 0 Å². The van der Waals surface area contributed by atoms with Gasteiger partial charge in [-0.1, -0.05) is 0 Å². The van der Waals surface area contributed by atoms with Crippen LogP contribution in [0.3, 0.4) is 0 Å². The van der Waals surface area contributed by atoms with Gasteiger partial charge in [-0.15, -0.1) is 0 Å². The molecule has 8 nitrogen and oxygen atoms in total. The van der Waals surface area contributed by atoms with Gasteiger partial charge in [0.25, 0.3) is 0 Å². The van der Waals surface area contributed by atoms with E-state index in [-0.39, 0.29) is 17.5 Å². The molecule has 23 heavy (non-hydrogen) atoms. The summed E-state index contributed by atoms with van der Waals surface area (Å²) in [6.45, 7) is 3.09. The van der Waals surface area contributed by atoms with Crippen molar-refractivity contribution in [3.63, 3.8) is 0 Å². The number of hydrogen-bond donors (Lipinski definition) is 2. The van der Waals surface area contributed by atoms with Gasteiger partial charge in [0.1, 0.15) is 5.82 Å². The van der Waals surface area contributed by atoms with Crippen molar-refractivity contribution in [2.45, 2.75) is 25.7 Å². The molecule has 1 aromatic heterocycles. The number of carbonyl (C=O) groups excluding carboxylic acids is 2. The summed E-state index contributed by atoms with van der Waals surface area (Å²) in [5.41, 5.74) is -0.344. The molecule has 1 aromatic rings. The molecule has 124 valence electrons. The zero-order valence-corrected chi connectivity index (χ0v) is 13.0. The largest absolute Gasteiger partial charge is 0.342 e. The molecule has 2 atom stereocenters. The number of aromatic nitrogens is 3. The first-order valence-corrected chi connectivity index (χ1v) is 8.30. The summed E-state index contributed by atoms with van der Waals surface area (Å²) in [5, 5.41) is 6.12. The third kappa shape index (κ3) is 2.89. The lowest BCUT2D eigenvalue weighted by molar-refractivity contribution is -0.132. The molecular weight excluding hydrogens is 298 g/mol. The van der Waals surface area contributed by atoms with Crippen molar-refractivity contribution in [1.82, 2.24) is 25.0 Å². The number of aromatic amines is 2. The van der Waals surface area contributed by atoms with Crippen molar-refractivity contribution in [3.05, 3.63) is 16.3 Å². The molecule has 3 aliphatic rings. The van der Waals surface area contributed by atoms with E-state index < -0.39 is 0 Å². The summed E-state index contributed by atoms with van der Waals surface area (Å²) in [5.74, 6) is 2.06. The first-order valence-electron chi connectivity index (χ1n) is 8.30. The Hall–Kier alpha value is -2.12. The molecule has 8 heteroatoms. The van der Waals surface area contributed by atoms with Crippen molar-refractivity contribution in [1.29, 1.82) is 0 Å². The Morgan fingerprint density at radius 1 is 1.09 bits per heavy atom. The highest BCUT2D eigenvalue weighted by Gasteiger charge is 2.45. The van der Waals surface area contributed by atoms with Crippen LogP contribution in [0.1, 0.15) is 25.1 Å². The normalized spacial score (nSPS) is 26.6. The van der Waals surface area contributed by atoms with E-state index in [2.05, 4.69) is 15.2 Å². The third-order valence-corrected chi connectivity index (χ3v) is 5.20. The van der Waals surface area contributed by atoms with Gasteiger partial charge in [0.05, 0.1) is 0 Å². The number of rotatable bonds is 4. The summed E-state index contributed by atoms with van der Waals surface area (Å²) in [7, 11) is 0. The minimum absolute atomic E-state index is 0.100. The smallest absolute Gasteiger partial charge is 0.340 e. The van der Waals surface area contributed by atoms with Gasteiger partial charge in [-0.05, 0) is 12.8 Å². The van der Waals surface area contributed by atoms with Crippen LogP contribution >= 0.6 is 0 Å². The van der Waals surface area contributed by atoms with Gasteiger partial charge < -0.3 is 9.80 Å². The number of amides is 2. The number of fused-ring (bicyclic) bond motifs is 1. The minimum atomic E-state index is -0.344. The molecule has 1 saturated carbocycles. The molecule has 0 aromatic carbocycles. The van der Waals surface area contributed by atoms with Gasteiger partial charge >= 0.3 is 5.69 Å². The maximum atomic E-state index is 12.3. The molecule has 4 rings (SSSR count). The second-order valence-electron chi connectivity index (χ2n) is 6.96. The highest BCUT2D eigenvalue weighted by atomic mass is 16.2. The van der Waals surface area contributed by atoms with Gasteiger partial charge in [-0.2, -0.15) is 5.10 Å². The van der Waals surface area contributed by atoms with Gasteiger partial charge in [-0.3, -0.25) is 14.6 Å². The molecule has 0 radical (unpaired) electrons. The Morgan fingerprint density at radius 2 is 1.74 bits per heavy atom. The van der Waals surface area contributed by atoms with Crippen LogP contribution < -0.4 is 5.69 Å². The quantitative estimate of drug-likeness (QED) is 0.770. The first kappa shape index (κ1) is 14.5. The Balaban J connectivity index is 1.27. The zero-order chi connectivity index (χ0) is 16.0. The van der Waals surface area contributed by atoms with Crippen molar-refractivity contribution in [2.75, 3.05) is 26.2 Å². The molecule has 2 aliphatic heterocycles. The Kier molecular flexibility index (Phi) is 3.46. The summed E-state index contributed by atoms with van der Waals surface area (Å²) in [4.78, 5) is 41.9. The average Bonchev–Trinajstić information content (AvgIpc) is 2.98. The number of nitrogens with zero attached hydrogens (tertiary/aromatic N) is 3. The van der Waals surface area contributed by atoms with E-state index in [1.54, 1.807) is 0 Å². The minimum Gasteiger partial charge on any atom is -0.342 e. The van der Waals surface area contributed by atoms with Crippen LogP contribution in [0.15, 0.2) is 4.79 Å². The number of H-pyrrole nitrogens is 2. The van der Waals surface area contributed by atoms with Crippen molar-refractivity contribution < 1.29 is 9.59 Å². The summed E-state index contributed by atoms with van der Waals surface area (Å²) >= 11 is 0. The zero-order valence-electron chi connectivity index (χ0n) is 13.0. The monoisotopic (exact) mass is 319 g/mol. The number of carbonyl (C=O) groups is 2. The molecule has 2 N–H and O–H groups in total. The lowest BCUT2D eigenvalue weighted by Gasteiger charge is -2.21. The second-order valence-corrected chi connectivity index (χ2v) is 6.96. The maximum absolute atomic E-state index is 12.3. The average molecular weight is 319 g/mol. The molecule has 1 aliphatic carbocycles. The molecular formula is C15H21N5O3. The topological polar surface area (TPSA) is 102 Å². The number of aryl methyl sites for hydroxylation is 1. The second kappa shape index (κ2) is 5.50. The number of likely N-dealkylation sites (tertiary alicyclic amines) is 2. The van der Waals surface area contributed by atoms with Crippen LogP contribution in [0.5, 0.6) is 0 Å². The van der Waals surface area contributed by atoms with E-state index in [1.807, 2.05) is 9.80 Å². The molecule has 3 heterocycles. The van der Waals surface area contributed by atoms with Crippen LogP contribution in [-0.4, -0.2) is 63.0 Å². The lowest BCUT2D eigenvalue weighted by atomic mass is 10.0. The van der Waals surface area contributed by atoms with Crippen LogP contribution in [0.4, 0.5) is 0 Å². The van der Waals surface area contributed by atoms with E-state index in [0.717, 1.165) is 39.0 Å². The lowest BCUT2D eigenvalue weighted by Crippen LogP contribution is -2.36. The summed E-state index contributed by atoms with van der Waals surface area (Å²) in [6.07, 6.45) is 2.88. The van der Waals surface area contributed by atoms with Crippen molar-refractivity contribution >= 4 is 11.8 Å².